The molecule has 0 saturated carbocycles. The topological polar surface area (TPSA) is 32.3 Å². The minimum atomic E-state index is 0.0851. The SMILES string of the molecule is CNc1ccc(C(=O)N(C)CCC(C)(C)C)cc1. The Hall–Kier alpha value is -1.51. The summed E-state index contributed by atoms with van der Waals surface area (Å²) in [7, 11) is 3.73. The van der Waals surface area contributed by atoms with Gasteiger partial charge in [0.25, 0.3) is 5.91 Å². The second kappa shape index (κ2) is 5.89. The number of anilines is 1. The van der Waals surface area contributed by atoms with Crippen molar-refractivity contribution in [2.75, 3.05) is 26.0 Å². The van der Waals surface area contributed by atoms with Crippen LogP contribution in [0.2, 0.25) is 0 Å². The van der Waals surface area contributed by atoms with Gasteiger partial charge in [-0.05, 0) is 36.1 Å². The number of benzene rings is 1. The van der Waals surface area contributed by atoms with Gasteiger partial charge in [0.1, 0.15) is 0 Å². The van der Waals surface area contributed by atoms with Gasteiger partial charge in [-0.25, -0.2) is 0 Å². The number of amides is 1. The van der Waals surface area contributed by atoms with E-state index in [-0.39, 0.29) is 11.3 Å². The Morgan fingerprint density at radius 1 is 1.22 bits per heavy atom. The quantitative estimate of drug-likeness (QED) is 0.887. The Labute approximate surface area is 110 Å². The van der Waals surface area contributed by atoms with E-state index in [9.17, 15) is 4.79 Å². The van der Waals surface area contributed by atoms with E-state index in [0.29, 0.717) is 0 Å². The van der Waals surface area contributed by atoms with Crippen LogP contribution in [-0.4, -0.2) is 31.4 Å². The molecule has 1 N–H and O–H groups in total. The lowest BCUT2D eigenvalue weighted by atomic mass is 9.92. The summed E-state index contributed by atoms with van der Waals surface area (Å²) in [6, 6.07) is 7.57. The first-order valence-corrected chi connectivity index (χ1v) is 6.37. The molecule has 3 heteroatoms. The molecule has 0 aliphatic heterocycles. The summed E-state index contributed by atoms with van der Waals surface area (Å²) < 4.78 is 0. The standard InChI is InChI=1S/C15H24N2O/c1-15(2,3)10-11-17(5)14(18)12-6-8-13(16-4)9-7-12/h6-9,16H,10-11H2,1-5H3. The molecule has 0 aliphatic rings. The second-order valence-electron chi connectivity index (χ2n) is 5.86. The highest BCUT2D eigenvalue weighted by molar-refractivity contribution is 5.94. The van der Waals surface area contributed by atoms with Gasteiger partial charge in [0.2, 0.25) is 0 Å². The van der Waals surface area contributed by atoms with Crippen LogP contribution in [0.5, 0.6) is 0 Å². The van der Waals surface area contributed by atoms with Crippen LogP contribution < -0.4 is 5.32 Å². The Morgan fingerprint density at radius 2 is 1.78 bits per heavy atom. The molecule has 1 amide bonds. The van der Waals surface area contributed by atoms with Crippen molar-refractivity contribution < 1.29 is 4.79 Å². The van der Waals surface area contributed by atoms with E-state index in [1.54, 1.807) is 4.90 Å². The molecule has 1 rings (SSSR count). The number of carbonyl (C=O) groups excluding carboxylic acids is 1. The highest BCUT2D eigenvalue weighted by atomic mass is 16.2. The summed E-state index contributed by atoms with van der Waals surface area (Å²) in [4.78, 5) is 14.0. The van der Waals surface area contributed by atoms with E-state index in [2.05, 4.69) is 26.1 Å². The lowest BCUT2D eigenvalue weighted by Gasteiger charge is -2.23. The van der Waals surface area contributed by atoms with Crippen molar-refractivity contribution in [1.82, 2.24) is 4.90 Å². The van der Waals surface area contributed by atoms with E-state index in [1.807, 2.05) is 38.4 Å². The summed E-state index contributed by atoms with van der Waals surface area (Å²) in [5, 5.41) is 3.04. The number of nitrogens with one attached hydrogen (secondary N) is 1. The van der Waals surface area contributed by atoms with Gasteiger partial charge in [-0.2, -0.15) is 0 Å². The van der Waals surface area contributed by atoms with E-state index in [4.69, 9.17) is 0 Å². The Bertz CT molecular complexity index is 390. The van der Waals surface area contributed by atoms with Gasteiger partial charge >= 0.3 is 0 Å². The molecule has 3 nitrogen and oxygen atoms in total. The van der Waals surface area contributed by atoms with Crippen LogP contribution in [0.3, 0.4) is 0 Å². The highest BCUT2D eigenvalue weighted by Crippen LogP contribution is 2.19. The molecular weight excluding hydrogens is 224 g/mol. The molecule has 0 heterocycles. The van der Waals surface area contributed by atoms with Crippen molar-refractivity contribution in [3.63, 3.8) is 0 Å². The molecule has 0 unspecified atom stereocenters. The van der Waals surface area contributed by atoms with Gasteiger partial charge in [-0.1, -0.05) is 20.8 Å². The fourth-order valence-corrected chi connectivity index (χ4v) is 1.60. The summed E-state index contributed by atoms with van der Waals surface area (Å²) in [6.45, 7) is 7.35. The Kier molecular flexibility index (Phi) is 4.76. The lowest BCUT2D eigenvalue weighted by molar-refractivity contribution is 0.0780. The van der Waals surface area contributed by atoms with E-state index in [0.717, 1.165) is 24.2 Å². The number of nitrogens with zero attached hydrogens (tertiary/aromatic N) is 1. The Balaban J connectivity index is 2.62. The molecule has 100 valence electrons. The molecule has 0 aliphatic carbocycles. The van der Waals surface area contributed by atoms with Crippen LogP contribution in [0.25, 0.3) is 0 Å². The first-order valence-electron chi connectivity index (χ1n) is 6.37. The molecule has 0 saturated heterocycles. The first-order chi connectivity index (χ1) is 8.33. The van der Waals surface area contributed by atoms with Crippen LogP contribution >= 0.6 is 0 Å². The molecule has 1 aromatic carbocycles. The van der Waals surface area contributed by atoms with E-state index < -0.39 is 0 Å². The minimum absolute atomic E-state index is 0.0851. The van der Waals surface area contributed by atoms with Crippen molar-refractivity contribution >= 4 is 11.6 Å². The van der Waals surface area contributed by atoms with Gasteiger partial charge < -0.3 is 10.2 Å². The molecule has 0 fully saturated rings. The maximum absolute atomic E-state index is 12.2. The van der Waals surface area contributed by atoms with Crippen molar-refractivity contribution in [2.24, 2.45) is 5.41 Å². The summed E-state index contributed by atoms with van der Waals surface area (Å²) >= 11 is 0. The zero-order valence-electron chi connectivity index (χ0n) is 12.1. The predicted molar refractivity (Wildman–Crippen MR) is 77.0 cm³/mol. The van der Waals surface area contributed by atoms with Crippen molar-refractivity contribution in [1.29, 1.82) is 0 Å². The van der Waals surface area contributed by atoms with Gasteiger partial charge in [0.15, 0.2) is 0 Å². The molecule has 18 heavy (non-hydrogen) atoms. The van der Waals surface area contributed by atoms with Crippen LogP contribution in [0.4, 0.5) is 5.69 Å². The van der Waals surface area contributed by atoms with Crippen LogP contribution in [0.15, 0.2) is 24.3 Å². The summed E-state index contributed by atoms with van der Waals surface area (Å²) in [5.41, 5.74) is 2.01. The number of hydrogen-bond acceptors (Lipinski definition) is 2. The first kappa shape index (κ1) is 14.6. The highest BCUT2D eigenvalue weighted by Gasteiger charge is 2.15. The normalized spacial score (nSPS) is 11.2. The summed E-state index contributed by atoms with van der Waals surface area (Å²) in [5.74, 6) is 0.0851. The fraction of sp³-hybridized carbons (Fsp3) is 0.533. The molecule has 1 aromatic rings. The average molecular weight is 248 g/mol. The lowest BCUT2D eigenvalue weighted by Crippen LogP contribution is -2.29. The largest absolute Gasteiger partial charge is 0.388 e. The third-order valence-corrected chi connectivity index (χ3v) is 2.96. The van der Waals surface area contributed by atoms with Gasteiger partial charge in [0, 0.05) is 31.9 Å². The molecule has 0 bridgehead atoms. The molecule has 0 atom stereocenters. The van der Waals surface area contributed by atoms with E-state index in [1.165, 1.54) is 0 Å². The molecule has 0 spiro atoms. The van der Waals surface area contributed by atoms with Gasteiger partial charge in [-0.3, -0.25) is 4.79 Å². The van der Waals surface area contributed by atoms with Crippen LogP contribution in [0, 0.1) is 5.41 Å². The van der Waals surface area contributed by atoms with Crippen LogP contribution in [0.1, 0.15) is 37.6 Å². The van der Waals surface area contributed by atoms with Crippen LogP contribution in [-0.2, 0) is 0 Å². The van der Waals surface area contributed by atoms with Gasteiger partial charge in [-0.15, -0.1) is 0 Å². The second-order valence-corrected chi connectivity index (χ2v) is 5.86. The number of hydrogen-bond donors (Lipinski definition) is 1. The van der Waals surface area contributed by atoms with E-state index >= 15 is 0 Å². The van der Waals surface area contributed by atoms with Crippen molar-refractivity contribution in [2.45, 2.75) is 27.2 Å². The minimum Gasteiger partial charge on any atom is -0.388 e. The third-order valence-electron chi connectivity index (χ3n) is 2.96. The summed E-state index contributed by atoms with van der Waals surface area (Å²) in [6.07, 6.45) is 1.00. The molecular formula is C15H24N2O. The third kappa shape index (κ3) is 4.40. The molecule has 0 radical (unpaired) electrons. The predicted octanol–water partition coefficient (Wildman–Crippen LogP) is 3.24. The zero-order valence-corrected chi connectivity index (χ0v) is 12.1. The monoisotopic (exact) mass is 248 g/mol. The Morgan fingerprint density at radius 3 is 2.22 bits per heavy atom. The van der Waals surface area contributed by atoms with Gasteiger partial charge in [0.05, 0.1) is 0 Å². The number of rotatable bonds is 4. The number of carbonyl (C=O) groups is 1. The van der Waals surface area contributed by atoms with Crippen molar-refractivity contribution in [3.8, 4) is 0 Å². The molecule has 0 aromatic heterocycles. The zero-order chi connectivity index (χ0) is 13.8. The average Bonchev–Trinajstić information content (AvgIpc) is 2.34. The maximum Gasteiger partial charge on any atom is 0.253 e. The van der Waals surface area contributed by atoms with Crippen molar-refractivity contribution in [3.05, 3.63) is 29.8 Å². The maximum atomic E-state index is 12.2. The smallest absolute Gasteiger partial charge is 0.253 e. The fourth-order valence-electron chi connectivity index (χ4n) is 1.60.